The Morgan fingerprint density at radius 2 is 0.964 bits per heavy atom. The Balaban J connectivity index is 1.49. The monoisotopic (exact) mass is 1060 g/mol. The summed E-state index contributed by atoms with van der Waals surface area (Å²) in [7, 11) is -11.2. The number of halogens is 4. The van der Waals surface area contributed by atoms with E-state index in [1.807, 2.05) is 0 Å². The predicted molar refractivity (Wildman–Crippen MR) is 214 cm³/mol. The van der Waals surface area contributed by atoms with Gasteiger partial charge in [-0.1, -0.05) is 12.1 Å². The summed E-state index contributed by atoms with van der Waals surface area (Å²) in [6.45, 7) is 2.52. The van der Waals surface area contributed by atoms with Crippen molar-refractivity contribution in [2.45, 2.75) is 13.8 Å². The van der Waals surface area contributed by atoms with Gasteiger partial charge in [0.25, 0.3) is 20.8 Å². The fraction of sp³-hybridized carbons (Fsp3) is 0.0556. The van der Waals surface area contributed by atoms with Crippen LogP contribution in [0.1, 0.15) is 25.0 Å². The van der Waals surface area contributed by atoms with Gasteiger partial charge in [-0.05, 0) is 147 Å². The van der Waals surface area contributed by atoms with Crippen molar-refractivity contribution in [2.24, 2.45) is 0 Å². The summed E-state index contributed by atoms with van der Waals surface area (Å²) in [5, 5.41) is 0.916. The molecule has 0 atom stereocenters. The highest BCUT2D eigenvalue weighted by Gasteiger charge is 2.21. The van der Waals surface area contributed by atoms with Crippen LogP contribution in [0.15, 0.2) is 111 Å². The predicted octanol–water partition coefficient (Wildman–Crippen LogP) is 9.75. The van der Waals surface area contributed by atoms with Crippen molar-refractivity contribution in [1.29, 1.82) is 0 Å². The Bertz CT molecular complexity index is 2680. The number of carbonyl (C=O) groups excluding carboxylic acids is 2. The van der Waals surface area contributed by atoms with Crippen LogP contribution < -0.4 is 9.47 Å². The third-order valence-electron chi connectivity index (χ3n) is 7.52. The molecule has 2 heterocycles. The van der Waals surface area contributed by atoms with E-state index in [2.05, 4.69) is 63.7 Å². The van der Waals surface area contributed by atoms with E-state index in [0.29, 0.717) is 62.1 Å². The second-order valence-electron chi connectivity index (χ2n) is 11.5. The van der Waals surface area contributed by atoms with Crippen molar-refractivity contribution in [3.63, 3.8) is 0 Å². The number of benzene rings is 4. The molecule has 6 rings (SSSR count). The van der Waals surface area contributed by atoms with E-state index in [1.165, 1.54) is 50.6 Å². The van der Waals surface area contributed by atoms with Crippen molar-refractivity contribution < 1.29 is 62.2 Å². The summed E-state index contributed by atoms with van der Waals surface area (Å²) in [6, 6.07) is 15.7. The lowest BCUT2D eigenvalue weighted by molar-refractivity contribution is -0.132. The minimum absolute atomic E-state index is 0.135. The van der Waals surface area contributed by atoms with E-state index in [0.717, 1.165) is 12.2 Å². The van der Waals surface area contributed by atoms with Gasteiger partial charge in [0.2, 0.25) is 0 Å². The van der Waals surface area contributed by atoms with Crippen LogP contribution in [0.2, 0.25) is 0 Å². The molecule has 6 aromatic rings. The Morgan fingerprint density at radius 1 is 0.589 bits per heavy atom. The zero-order valence-electron chi connectivity index (χ0n) is 28.1. The first-order valence-corrected chi connectivity index (χ1v) is 21.2. The molecule has 0 bridgehead atoms. The number of esters is 2. The standard InChI is InChI=1S/C36H22Br4O14S2/c1-17(41)51-31-5-3-21(13-27(31)37)25-15-49-35-23(25)7-19(9-29(35)39)11-33(53-55(43,44)45)34(54-56(46,47)48)12-20-8-24-26(16-50-36(24)30(40)10-20)22-4-6-32(28(38)14-22)52-18(2)42/h3-16H,1-2H3,(H,43,44,45)(H,46,47,48)/p-2/b33-11-,34-12-. The normalized spacial score (nSPS) is 12.6. The molecule has 290 valence electrons. The number of hydrogen-bond donors (Lipinski definition) is 0. The van der Waals surface area contributed by atoms with E-state index >= 15 is 0 Å². The largest absolute Gasteiger partial charge is 0.716 e. The molecule has 0 aliphatic carbocycles. The molecule has 0 unspecified atom stereocenters. The molecule has 0 amide bonds. The molecular formula is C36H20Br4O14S2-2. The second-order valence-corrected chi connectivity index (χ2v) is 16.9. The summed E-state index contributed by atoms with van der Waals surface area (Å²) in [5.74, 6) is -2.43. The molecule has 14 nitrogen and oxygen atoms in total. The fourth-order valence-electron chi connectivity index (χ4n) is 5.45. The van der Waals surface area contributed by atoms with Crippen molar-refractivity contribution >= 4 is 131 Å². The van der Waals surface area contributed by atoms with E-state index in [-0.39, 0.29) is 22.6 Å². The van der Waals surface area contributed by atoms with Crippen LogP contribution in [0.3, 0.4) is 0 Å². The number of hydrogen-bond acceptors (Lipinski definition) is 14. The highest BCUT2D eigenvalue weighted by molar-refractivity contribution is 9.11. The highest BCUT2D eigenvalue weighted by atomic mass is 79.9. The third kappa shape index (κ3) is 9.80. The molecule has 0 aliphatic heterocycles. The number of ether oxygens (including phenoxy) is 2. The van der Waals surface area contributed by atoms with Gasteiger partial charge < -0.3 is 35.8 Å². The smallest absolute Gasteiger partial charge is 0.308 e. The topological polar surface area (TPSA) is 212 Å². The van der Waals surface area contributed by atoms with Gasteiger partial charge in [0, 0.05) is 35.7 Å². The average Bonchev–Trinajstić information content (AvgIpc) is 3.70. The number of furan rings is 2. The summed E-state index contributed by atoms with van der Waals surface area (Å²) < 4.78 is 105. The molecule has 56 heavy (non-hydrogen) atoms. The number of carbonyl (C=O) groups is 2. The first-order chi connectivity index (χ1) is 26.2. The van der Waals surface area contributed by atoms with Gasteiger partial charge in [-0.2, -0.15) is 0 Å². The molecule has 0 fully saturated rings. The van der Waals surface area contributed by atoms with Crippen molar-refractivity contribution in [2.75, 3.05) is 0 Å². The molecule has 20 heteroatoms. The molecule has 0 aliphatic rings. The first-order valence-electron chi connectivity index (χ1n) is 15.4. The summed E-state index contributed by atoms with van der Waals surface area (Å²) in [5.41, 5.74) is 3.24. The van der Waals surface area contributed by atoms with E-state index in [1.54, 1.807) is 36.4 Å². The Morgan fingerprint density at radius 3 is 1.29 bits per heavy atom. The van der Waals surface area contributed by atoms with Crippen molar-refractivity contribution in [3.8, 4) is 33.8 Å². The molecule has 0 radical (unpaired) electrons. The maximum atomic E-state index is 12.0. The lowest BCUT2D eigenvalue weighted by Crippen LogP contribution is -2.11. The number of fused-ring (bicyclic) bond motifs is 2. The lowest BCUT2D eigenvalue weighted by atomic mass is 10.0. The lowest BCUT2D eigenvalue weighted by Gasteiger charge is -2.18. The van der Waals surface area contributed by atoms with Crippen LogP contribution in [0.25, 0.3) is 56.3 Å². The van der Waals surface area contributed by atoms with Crippen LogP contribution in [0.4, 0.5) is 0 Å². The highest BCUT2D eigenvalue weighted by Crippen LogP contribution is 2.41. The Kier molecular flexibility index (Phi) is 12.0. The molecule has 0 saturated carbocycles. The van der Waals surface area contributed by atoms with Gasteiger partial charge in [0.15, 0.2) is 11.5 Å². The molecule has 0 N–H and O–H groups in total. The van der Waals surface area contributed by atoms with Gasteiger partial charge in [-0.15, -0.1) is 0 Å². The van der Waals surface area contributed by atoms with Gasteiger partial charge in [-0.3, -0.25) is 9.59 Å². The number of rotatable bonds is 11. The minimum Gasteiger partial charge on any atom is -0.716 e. The molecule has 2 aromatic heterocycles. The molecular weight excluding hydrogens is 1040 g/mol. The van der Waals surface area contributed by atoms with Crippen LogP contribution in [0, 0.1) is 0 Å². The zero-order valence-corrected chi connectivity index (χ0v) is 36.1. The van der Waals surface area contributed by atoms with Crippen LogP contribution in [-0.4, -0.2) is 37.9 Å². The third-order valence-corrected chi connectivity index (χ3v) is 10.7. The van der Waals surface area contributed by atoms with Crippen molar-refractivity contribution in [3.05, 3.63) is 114 Å². The average molecular weight is 1060 g/mol. The fourth-order valence-corrected chi connectivity index (χ4v) is 8.21. The SMILES string of the molecule is CC(=O)Oc1ccc(-c2coc3c(Br)cc(/C=C(OS(=O)(=O)[O-])/C(=C/c4cc(Br)c5occ(-c6ccc(OC(C)=O)c(Br)c6)c5c4)OS(=O)(=O)[O-])cc23)cc1Br. The quantitative estimate of drug-likeness (QED) is 0.0295. The summed E-state index contributed by atoms with van der Waals surface area (Å²) in [6.07, 6.45) is 4.84. The van der Waals surface area contributed by atoms with E-state index in [9.17, 15) is 35.5 Å². The minimum atomic E-state index is -5.61. The van der Waals surface area contributed by atoms with Crippen molar-refractivity contribution in [1.82, 2.24) is 0 Å². The van der Waals surface area contributed by atoms with Gasteiger partial charge in [0.1, 0.15) is 22.7 Å². The molecule has 0 spiro atoms. The molecule has 4 aromatic carbocycles. The van der Waals surface area contributed by atoms with Gasteiger partial charge in [0.05, 0.1) is 30.4 Å². The van der Waals surface area contributed by atoms with Gasteiger partial charge in [-0.25, -0.2) is 16.8 Å². The zero-order chi connectivity index (χ0) is 40.7. The summed E-state index contributed by atoms with van der Waals surface area (Å²) >= 11 is 13.6. The van der Waals surface area contributed by atoms with E-state index in [4.69, 9.17) is 26.7 Å². The van der Waals surface area contributed by atoms with Crippen LogP contribution in [-0.2, 0) is 38.8 Å². The first kappa shape index (κ1) is 41.4. The van der Waals surface area contributed by atoms with Crippen LogP contribution >= 0.6 is 63.7 Å². The second kappa shape index (κ2) is 16.3. The van der Waals surface area contributed by atoms with Crippen LogP contribution in [0.5, 0.6) is 11.5 Å². The Labute approximate surface area is 351 Å². The van der Waals surface area contributed by atoms with Gasteiger partial charge >= 0.3 is 11.9 Å². The molecule has 0 saturated heterocycles. The van der Waals surface area contributed by atoms with E-state index < -0.39 is 44.3 Å². The summed E-state index contributed by atoms with van der Waals surface area (Å²) in [4.78, 5) is 23.0. The maximum Gasteiger partial charge on any atom is 0.308 e. The Hall–Kier alpha value is -4.28. The maximum absolute atomic E-state index is 12.0.